The van der Waals surface area contributed by atoms with Gasteiger partial charge in [-0.2, -0.15) is 0 Å². The van der Waals surface area contributed by atoms with Crippen molar-refractivity contribution in [1.29, 1.82) is 0 Å². The molecular formula is C18H24BrN5O. The van der Waals surface area contributed by atoms with Crippen molar-refractivity contribution in [3.8, 4) is 0 Å². The average molecular weight is 406 g/mol. The van der Waals surface area contributed by atoms with Crippen LogP contribution >= 0.6 is 15.9 Å². The minimum Gasteiger partial charge on any atom is -0.343 e. The molecule has 2 aromatic heterocycles. The van der Waals surface area contributed by atoms with Gasteiger partial charge in [0.15, 0.2) is 0 Å². The first-order valence-electron chi connectivity index (χ1n) is 9.01. The van der Waals surface area contributed by atoms with Crippen LogP contribution in [-0.2, 0) is 4.79 Å². The molecule has 3 heterocycles. The van der Waals surface area contributed by atoms with Crippen LogP contribution in [0.5, 0.6) is 0 Å². The molecule has 2 aliphatic rings. The normalized spacial score (nSPS) is 25.7. The number of amides is 1. The van der Waals surface area contributed by atoms with Crippen LogP contribution < -0.4 is 0 Å². The van der Waals surface area contributed by atoms with Gasteiger partial charge in [0.25, 0.3) is 0 Å². The van der Waals surface area contributed by atoms with E-state index in [1.54, 1.807) is 0 Å². The second-order valence-electron chi connectivity index (χ2n) is 7.28. The summed E-state index contributed by atoms with van der Waals surface area (Å²) < 4.78 is 3.08. The highest BCUT2D eigenvalue weighted by molar-refractivity contribution is 9.10. The maximum absolute atomic E-state index is 12.0. The zero-order valence-electron chi connectivity index (χ0n) is 14.8. The Morgan fingerprint density at radius 2 is 1.96 bits per heavy atom. The molecule has 25 heavy (non-hydrogen) atoms. The predicted octanol–water partition coefficient (Wildman–Crippen LogP) is 2.60. The summed E-state index contributed by atoms with van der Waals surface area (Å²) in [6, 6.07) is 0.534. The third kappa shape index (κ3) is 3.08. The number of nitrogens with zero attached hydrogens (tertiary/aromatic N) is 5. The Labute approximate surface area is 156 Å². The molecule has 0 atom stereocenters. The molecule has 4 rings (SSSR count). The van der Waals surface area contributed by atoms with Crippen LogP contribution in [0.15, 0.2) is 17.0 Å². The number of imidazole rings is 1. The lowest BCUT2D eigenvalue weighted by Crippen LogP contribution is -2.52. The van der Waals surface area contributed by atoms with Crippen molar-refractivity contribution >= 4 is 27.4 Å². The number of carbonyl (C=O) groups excluding carboxylic acids is 1. The number of halogens is 1. The first kappa shape index (κ1) is 17.0. The van der Waals surface area contributed by atoms with Gasteiger partial charge in [-0.3, -0.25) is 19.1 Å². The second-order valence-corrected chi connectivity index (χ2v) is 8.03. The molecule has 1 amide bonds. The largest absolute Gasteiger partial charge is 0.343 e. The predicted molar refractivity (Wildman–Crippen MR) is 99.6 cm³/mol. The van der Waals surface area contributed by atoms with Crippen molar-refractivity contribution in [3.05, 3.63) is 28.5 Å². The zero-order valence-corrected chi connectivity index (χ0v) is 16.4. The van der Waals surface area contributed by atoms with Gasteiger partial charge in [0.1, 0.15) is 15.9 Å². The highest BCUT2D eigenvalue weighted by atomic mass is 79.9. The van der Waals surface area contributed by atoms with Crippen LogP contribution in [-0.4, -0.2) is 62.8 Å². The summed E-state index contributed by atoms with van der Waals surface area (Å²) >= 11 is 3.60. The molecule has 2 aromatic rings. The second kappa shape index (κ2) is 6.68. The lowest BCUT2D eigenvalue weighted by molar-refractivity contribution is -0.135. The van der Waals surface area contributed by atoms with Gasteiger partial charge in [0.05, 0.1) is 12.2 Å². The number of carbonyl (C=O) groups is 1. The molecule has 1 aliphatic heterocycles. The Morgan fingerprint density at radius 1 is 1.20 bits per heavy atom. The average Bonchev–Trinajstić information content (AvgIpc) is 2.96. The van der Waals surface area contributed by atoms with Gasteiger partial charge in [-0.15, -0.1) is 0 Å². The number of aryl methyl sites for hydroxylation is 1. The van der Waals surface area contributed by atoms with E-state index in [0.717, 1.165) is 60.4 Å². The van der Waals surface area contributed by atoms with E-state index in [-0.39, 0.29) is 5.91 Å². The van der Waals surface area contributed by atoms with Crippen molar-refractivity contribution in [2.75, 3.05) is 26.7 Å². The van der Waals surface area contributed by atoms with E-state index >= 15 is 0 Å². The Balaban J connectivity index is 1.48. The number of likely N-dealkylation sites (N-methyl/N-ethyl adjacent to an activating group) is 1. The van der Waals surface area contributed by atoms with Gasteiger partial charge < -0.3 is 4.90 Å². The summed E-state index contributed by atoms with van der Waals surface area (Å²) in [7, 11) is 1.90. The van der Waals surface area contributed by atoms with Crippen LogP contribution in [0.4, 0.5) is 0 Å². The van der Waals surface area contributed by atoms with Crippen molar-refractivity contribution in [3.63, 3.8) is 0 Å². The molecule has 1 aliphatic carbocycles. The molecule has 0 aromatic carbocycles. The Kier molecular flexibility index (Phi) is 4.54. The van der Waals surface area contributed by atoms with E-state index in [4.69, 9.17) is 4.98 Å². The fraction of sp³-hybridized carbons (Fsp3) is 0.611. The van der Waals surface area contributed by atoms with Crippen molar-refractivity contribution in [1.82, 2.24) is 24.2 Å². The van der Waals surface area contributed by atoms with Gasteiger partial charge in [0.2, 0.25) is 5.91 Å². The zero-order chi connectivity index (χ0) is 17.6. The van der Waals surface area contributed by atoms with Gasteiger partial charge in [-0.05, 0) is 48.5 Å². The van der Waals surface area contributed by atoms with E-state index in [1.807, 2.05) is 31.3 Å². The fourth-order valence-electron chi connectivity index (χ4n) is 4.24. The molecule has 2 fully saturated rings. The molecule has 1 saturated carbocycles. The van der Waals surface area contributed by atoms with Crippen LogP contribution in [0.25, 0.3) is 5.52 Å². The van der Waals surface area contributed by atoms with Crippen LogP contribution in [0.3, 0.4) is 0 Å². The van der Waals surface area contributed by atoms with Crippen molar-refractivity contribution < 1.29 is 4.79 Å². The van der Waals surface area contributed by atoms with Gasteiger partial charge in [-0.1, -0.05) is 0 Å². The summed E-state index contributed by atoms with van der Waals surface area (Å²) in [6.45, 7) is 4.45. The highest BCUT2D eigenvalue weighted by Gasteiger charge is 2.32. The quantitative estimate of drug-likeness (QED) is 0.770. The number of hydrogen-bond acceptors (Lipinski definition) is 4. The number of fused-ring (bicyclic) bond motifs is 1. The summed E-state index contributed by atoms with van der Waals surface area (Å²) in [5, 5.41) is 0. The Bertz CT molecular complexity index is 796. The maximum Gasteiger partial charge on any atom is 0.236 e. The minimum atomic E-state index is 0.250. The van der Waals surface area contributed by atoms with Gasteiger partial charge in [-0.25, -0.2) is 4.98 Å². The molecule has 0 bridgehead atoms. The van der Waals surface area contributed by atoms with Crippen LogP contribution in [0.2, 0.25) is 0 Å². The summed E-state index contributed by atoms with van der Waals surface area (Å²) in [5.41, 5.74) is 2.07. The lowest BCUT2D eigenvalue weighted by Gasteiger charge is -2.40. The third-order valence-corrected chi connectivity index (χ3v) is 6.34. The number of hydrogen-bond donors (Lipinski definition) is 0. The van der Waals surface area contributed by atoms with Gasteiger partial charge in [0, 0.05) is 44.5 Å². The highest BCUT2D eigenvalue weighted by Crippen LogP contribution is 2.36. The molecule has 0 N–H and O–H groups in total. The smallest absolute Gasteiger partial charge is 0.236 e. The molecule has 7 heteroatoms. The Hall–Kier alpha value is -1.47. The molecule has 134 valence electrons. The monoisotopic (exact) mass is 405 g/mol. The molecule has 0 unspecified atom stereocenters. The van der Waals surface area contributed by atoms with E-state index in [2.05, 4.69) is 30.2 Å². The number of aromatic nitrogens is 3. The standard InChI is InChI=1S/C18H24BrN5O/c1-12-16-17(19)21-18(24(16)8-7-20-12)13-3-5-14(6-4-13)23-10-9-22(2)15(25)11-23/h7-8,13-14H,3-6,9-11H2,1-2H3. The van der Waals surface area contributed by atoms with E-state index in [9.17, 15) is 4.79 Å². The number of piperazine rings is 1. The molecular weight excluding hydrogens is 382 g/mol. The first-order chi connectivity index (χ1) is 12.0. The van der Waals surface area contributed by atoms with E-state index in [0.29, 0.717) is 18.5 Å². The van der Waals surface area contributed by atoms with Crippen molar-refractivity contribution in [2.24, 2.45) is 0 Å². The SMILES string of the molecule is Cc1nccn2c(C3CCC(N4CCN(C)C(=O)C4)CC3)nc(Br)c12. The molecule has 0 spiro atoms. The molecule has 0 radical (unpaired) electrons. The lowest BCUT2D eigenvalue weighted by atomic mass is 9.84. The summed E-state index contributed by atoms with van der Waals surface area (Å²) in [4.78, 5) is 25.4. The summed E-state index contributed by atoms with van der Waals surface area (Å²) in [6.07, 6.45) is 8.38. The van der Waals surface area contributed by atoms with Crippen molar-refractivity contribution in [2.45, 2.75) is 44.6 Å². The van der Waals surface area contributed by atoms with E-state index < -0.39 is 0 Å². The van der Waals surface area contributed by atoms with E-state index in [1.165, 1.54) is 0 Å². The summed E-state index contributed by atoms with van der Waals surface area (Å²) in [5.74, 6) is 1.86. The fourth-order valence-corrected chi connectivity index (χ4v) is 4.90. The topological polar surface area (TPSA) is 53.7 Å². The molecule has 6 nitrogen and oxygen atoms in total. The Morgan fingerprint density at radius 3 is 2.68 bits per heavy atom. The molecule has 1 saturated heterocycles. The third-order valence-electron chi connectivity index (χ3n) is 5.79. The minimum absolute atomic E-state index is 0.250. The van der Waals surface area contributed by atoms with Gasteiger partial charge >= 0.3 is 0 Å². The first-order valence-corrected chi connectivity index (χ1v) is 9.81. The maximum atomic E-state index is 12.0. The number of rotatable bonds is 2. The van der Waals surface area contributed by atoms with Crippen LogP contribution in [0, 0.1) is 6.92 Å². The van der Waals surface area contributed by atoms with Crippen LogP contribution in [0.1, 0.15) is 43.1 Å².